The number of hydrogen-bond donors (Lipinski definition) is 2. The van der Waals surface area contributed by atoms with Gasteiger partial charge in [-0.25, -0.2) is 9.97 Å². The monoisotopic (exact) mass is 586 g/mol. The summed E-state index contributed by atoms with van der Waals surface area (Å²) in [5, 5.41) is 7.73. The van der Waals surface area contributed by atoms with Crippen molar-refractivity contribution in [2.75, 3.05) is 52.9 Å². The van der Waals surface area contributed by atoms with Gasteiger partial charge in [0.05, 0.1) is 66.5 Å². The van der Waals surface area contributed by atoms with E-state index in [0.29, 0.717) is 52.0 Å². The second-order valence-electron chi connectivity index (χ2n) is 9.99. The van der Waals surface area contributed by atoms with Gasteiger partial charge in [0.2, 0.25) is 11.9 Å². The summed E-state index contributed by atoms with van der Waals surface area (Å²) in [6.45, 7) is 6.23. The van der Waals surface area contributed by atoms with E-state index in [4.69, 9.17) is 47.4 Å². The molecule has 0 saturated carbocycles. The molecule has 2 saturated heterocycles. The minimum atomic E-state index is -0.255. The van der Waals surface area contributed by atoms with Crippen molar-refractivity contribution in [3.8, 4) is 22.8 Å². The highest BCUT2D eigenvalue weighted by molar-refractivity contribution is 6.41. The van der Waals surface area contributed by atoms with Crippen LogP contribution in [0, 0.1) is 0 Å². The predicted octanol–water partition coefficient (Wildman–Crippen LogP) is 4.31. The maximum atomic E-state index is 11.9. The number of nitrogens with one attached hydrogen (secondary N) is 2. The van der Waals surface area contributed by atoms with Gasteiger partial charge in [-0.1, -0.05) is 29.8 Å². The summed E-state index contributed by atoms with van der Waals surface area (Å²) in [4.78, 5) is 28.8. The summed E-state index contributed by atoms with van der Waals surface area (Å²) in [6, 6.07) is 3.12. The Morgan fingerprint density at radius 1 is 1.10 bits per heavy atom. The molecule has 10 nitrogen and oxygen atoms in total. The number of carbonyl (C=O) groups excluding carboxylic acids is 1. The van der Waals surface area contributed by atoms with E-state index in [9.17, 15) is 4.79 Å². The molecule has 5 rings (SSSR count). The van der Waals surface area contributed by atoms with E-state index in [-0.39, 0.29) is 23.9 Å². The number of halogens is 2. The lowest BCUT2D eigenvalue weighted by Gasteiger charge is -2.29. The lowest BCUT2D eigenvalue weighted by Crippen LogP contribution is -2.45. The molecule has 1 unspecified atom stereocenters. The van der Waals surface area contributed by atoms with Crippen LogP contribution >= 0.6 is 23.2 Å². The first kappa shape index (κ1) is 28.4. The van der Waals surface area contributed by atoms with Gasteiger partial charge in [0.25, 0.3) is 0 Å². The zero-order chi connectivity index (χ0) is 28.4. The molecule has 0 bridgehead atoms. The van der Waals surface area contributed by atoms with Crippen LogP contribution in [0.4, 0.5) is 5.95 Å². The molecule has 212 valence electrons. The highest BCUT2D eigenvalue weighted by Gasteiger charge is 2.31. The third kappa shape index (κ3) is 5.67. The highest BCUT2D eigenvalue weighted by Crippen LogP contribution is 2.46. The van der Waals surface area contributed by atoms with Crippen molar-refractivity contribution < 1.29 is 19.0 Å². The standard InChI is InChI=1S/C28H32Cl2N6O4/c1-5-22(37)32-18-13-40-14-19(18)34-28-31-12-16-10-17(23-24(29)20(38-3)11-21(39-4)25(23)30)33-26(27(16)35-28)15-6-8-36(2)9-7-15/h5,10-12,15,18-19H,1,6-9,13-14H2,2-4H3,(H,32,37)(H,31,34,35)/t18-,19?/m0/s1. The first-order valence-electron chi connectivity index (χ1n) is 13.1. The molecule has 3 aromatic rings. The van der Waals surface area contributed by atoms with Gasteiger partial charge in [0.1, 0.15) is 11.5 Å². The first-order valence-corrected chi connectivity index (χ1v) is 13.8. The van der Waals surface area contributed by atoms with Crippen molar-refractivity contribution in [3.05, 3.63) is 46.7 Å². The molecule has 2 atom stereocenters. The SMILES string of the molecule is C=CC(=O)N[C@H]1COCC1Nc1ncc2cc(-c3c(Cl)c(OC)cc(OC)c3Cl)nc(C3CCN(C)CC3)c2n1. The molecular weight excluding hydrogens is 555 g/mol. The molecule has 2 aliphatic heterocycles. The third-order valence-corrected chi connectivity index (χ3v) is 8.19. The Hall–Kier alpha value is -3.18. The fourth-order valence-electron chi connectivity index (χ4n) is 5.19. The van der Waals surface area contributed by atoms with E-state index in [1.54, 1.807) is 26.5 Å². The Morgan fingerprint density at radius 3 is 2.42 bits per heavy atom. The number of likely N-dealkylation sites (tertiary alicyclic amines) is 1. The second kappa shape index (κ2) is 12.1. The van der Waals surface area contributed by atoms with Crippen LogP contribution < -0.4 is 20.1 Å². The zero-order valence-corrected chi connectivity index (χ0v) is 24.2. The smallest absolute Gasteiger partial charge is 0.243 e. The number of pyridine rings is 1. The van der Waals surface area contributed by atoms with Crippen molar-refractivity contribution in [2.24, 2.45) is 0 Å². The number of hydrogen-bond acceptors (Lipinski definition) is 9. The van der Waals surface area contributed by atoms with Gasteiger partial charge in [-0.15, -0.1) is 0 Å². The Bertz CT molecular complexity index is 1400. The molecule has 1 aromatic carbocycles. The quantitative estimate of drug-likeness (QED) is 0.373. The van der Waals surface area contributed by atoms with Crippen LogP contribution in [-0.2, 0) is 9.53 Å². The number of aromatic nitrogens is 3. The predicted molar refractivity (Wildman–Crippen MR) is 156 cm³/mol. The Balaban J connectivity index is 1.59. The minimum absolute atomic E-state index is 0.181. The van der Waals surface area contributed by atoms with Gasteiger partial charge < -0.3 is 29.7 Å². The number of piperidine rings is 1. The number of fused-ring (bicyclic) bond motifs is 1. The van der Waals surface area contributed by atoms with Crippen LogP contribution in [0.3, 0.4) is 0 Å². The molecule has 0 spiro atoms. The number of amides is 1. The van der Waals surface area contributed by atoms with Crippen LogP contribution in [0.5, 0.6) is 11.5 Å². The van der Waals surface area contributed by atoms with Crippen LogP contribution in [0.25, 0.3) is 22.2 Å². The van der Waals surface area contributed by atoms with E-state index < -0.39 is 0 Å². The molecule has 4 heterocycles. The van der Waals surface area contributed by atoms with Gasteiger partial charge in [-0.2, -0.15) is 0 Å². The third-order valence-electron chi connectivity index (χ3n) is 7.44. The number of methoxy groups -OCH3 is 2. The van der Waals surface area contributed by atoms with Gasteiger partial charge in [0.15, 0.2) is 0 Å². The average molecular weight is 588 g/mol. The number of benzene rings is 1. The highest BCUT2D eigenvalue weighted by atomic mass is 35.5. The summed E-state index contributed by atoms with van der Waals surface area (Å²) < 4.78 is 16.6. The van der Waals surface area contributed by atoms with Gasteiger partial charge in [0, 0.05) is 29.1 Å². The minimum Gasteiger partial charge on any atom is -0.495 e. The molecule has 0 aliphatic carbocycles. The molecule has 2 fully saturated rings. The largest absolute Gasteiger partial charge is 0.495 e. The number of rotatable bonds is 8. The average Bonchev–Trinajstić information content (AvgIpc) is 3.39. The van der Waals surface area contributed by atoms with Crippen LogP contribution in [0.15, 0.2) is 31.0 Å². The number of nitrogens with zero attached hydrogens (tertiary/aromatic N) is 4. The summed E-state index contributed by atoms with van der Waals surface area (Å²) in [5.41, 5.74) is 2.73. The van der Waals surface area contributed by atoms with Crippen molar-refractivity contribution in [3.63, 3.8) is 0 Å². The van der Waals surface area contributed by atoms with E-state index in [1.165, 1.54) is 6.08 Å². The van der Waals surface area contributed by atoms with E-state index in [0.717, 1.165) is 42.5 Å². The van der Waals surface area contributed by atoms with E-state index in [2.05, 4.69) is 34.1 Å². The van der Waals surface area contributed by atoms with Crippen molar-refractivity contribution >= 4 is 46.0 Å². The summed E-state index contributed by atoms with van der Waals surface area (Å²) in [5.74, 6) is 1.24. The summed E-state index contributed by atoms with van der Waals surface area (Å²) in [7, 11) is 5.21. The topological polar surface area (TPSA) is 111 Å². The van der Waals surface area contributed by atoms with Crippen molar-refractivity contribution in [1.82, 2.24) is 25.2 Å². The molecule has 2 N–H and O–H groups in total. The molecule has 40 heavy (non-hydrogen) atoms. The van der Waals surface area contributed by atoms with Crippen LogP contribution in [0.2, 0.25) is 10.0 Å². The van der Waals surface area contributed by atoms with Crippen molar-refractivity contribution in [2.45, 2.75) is 30.8 Å². The van der Waals surface area contributed by atoms with E-state index in [1.807, 2.05) is 6.07 Å². The summed E-state index contributed by atoms with van der Waals surface area (Å²) >= 11 is 13.5. The van der Waals surface area contributed by atoms with Crippen LogP contribution in [0.1, 0.15) is 24.5 Å². The van der Waals surface area contributed by atoms with E-state index >= 15 is 0 Å². The molecule has 0 radical (unpaired) electrons. The number of ether oxygens (including phenoxy) is 3. The number of anilines is 1. The van der Waals surface area contributed by atoms with Crippen LogP contribution in [-0.4, -0.2) is 85.4 Å². The van der Waals surface area contributed by atoms with Gasteiger partial charge in [-0.05, 0) is 45.1 Å². The maximum Gasteiger partial charge on any atom is 0.243 e. The molecule has 1 amide bonds. The molecule has 12 heteroatoms. The number of carbonyl (C=O) groups is 1. The van der Waals surface area contributed by atoms with Crippen molar-refractivity contribution in [1.29, 1.82) is 0 Å². The van der Waals surface area contributed by atoms with Gasteiger partial charge >= 0.3 is 0 Å². The lowest BCUT2D eigenvalue weighted by molar-refractivity contribution is -0.117. The van der Waals surface area contributed by atoms with Gasteiger partial charge in [-0.3, -0.25) is 9.78 Å². The normalized spacial score (nSPS) is 19.9. The molecular formula is C28H32Cl2N6O4. The Kier molecular flexibility index (Phi) is 8.60. The summed E-state index contributed by atoms with van der Waals surface area (Å²) in [6.07, 6.45) is 4.88. The first-order chi connectivity index (χ1) is 19.3. The molecule has 2 aromatic heterocycles. The fourth-order valence-corrected chi connectivity index (χ4v) is 5.88. The fraction of sp³-hybridized carbons (Fsp3) is 0.429. The Labute approximate surface area is 243 Å². The Morgan fingerprint density at radius 2 is 1.77 bits per heavy atom. The zero-order valence-electron chi connectivity index (χ0n) is 22.7. The molecule has 2 aliphatic rings. The lowest BCUT2D eigenvalue weighted by atomic mass is 9.91. The maximum absolute atomic E-state index is 11.9. The second-order valence-corrected chi connectivity index (χ2v) is 10.7.